The number of rotatable bonds is 4. The standard InChI is InChI=1S/C16H21F2N5O/c1-10-7-11(2)23(22-10)15-20-13(9-24)8-14(21-15)19-12-3-5-16(17,18)6-4-12/h7-8,12,24H,3-6,9H2,1-2H3,(H,19,20,21). The van der Waals surface area contributed by atoms with Crippen molar-refractivity contribution in [2.75, 3.05) is 5.32 Å². The molecule has 0 amide bonds. The molecule has 0 spiro atoms. The second-order valence-corrected chi connectivity index (χ2v) is 6.32. The van der Waals surface area contributed by atoms with Gasteiger partial charge in [0.2, 0.25) is 5.92 Å². The fourth-order valence-corrected chi connectivity index (χ4v) is 2.96. The Hall–Kier alpha value is -2.09. The molecule has 1 aliphatic rings. The fourth-order valence-electron chi connectivity index (χ4n) is 2.96. The molecule has 1 saturated carbocycles. The van der Waals surface area contributed by atoms with Crippen molar-refractivity contribution in [2.45, 2.75) is 58.1 Å². The van der Waals surface area contributed by atoms with Crippen LogP contribution in [-0.4, -0.2) is 36.8 Å². The van der Waals surface area contributed by atoms with Crippen LogP contribution in [0, 0.1) is 13.8 Å². The molecule has 130 valence electrons. The Labute approximate surface area is 138 Å². The van der Waals surface area contributed by atoms with Gasteiger partial charge in [-0.1, -0.05) is 0 Å². The van der Waals surface area contributed by atoms with Crippen LogP contribution >= 0.6 is 0 Å². The summed E-state index contributed by atoms with van der Waals surface area (Å²) >= 11 is 0. The highest BCUT2D eigenvalue weighted by Gasteiger charge is 2.35. The number of nitrogens with one attached hydrogen (secondary N) is 1. The molecule has 2 aromatic rings. The van der Waals surface area contributed by atoms with Gasteiger partial charge in [-0.25, -0.2) is 18.4 Å². The molecule has 0 aromatic carbocycles. The fraction of sp³-hybridized carbons (Fsp3) is 0.562. The number of hydrogen-bond donors (Lipinski definition) is 2. The molecule has 0 radical (unpaired) electrons. The molecule has 3 rings (SSSR count). The monoisotopic (exact) mass is 337 g/mol. The third-order valence-electron chi connectivity index (χ3n) is 4.20. The molecule has 2 aromatic heterocycles. The maximum absolute atomic E-state index is 13.3. The minimum absolute atomic E-state index is 0.0561. The van der Waals surface area contributed by atoms with Crippen LogP contribution in [0.25, 0.3) is 5.95 Å². The Morgan fingerprint density at radius 2 is 1.96 bits per heavy atom. The van der Waals surface area contributed by atoms with Crippen LogP contribution in [0.2, 0.25) is 0 Å². The van der Waals surface area contributed by atoms with Crippen LogP contribution in [0.5, 0.6) is 0 Å². The quantitative estimate of drug-likeness (QED) is 0.897. The van der Waals surface area contributed by atoms with Gasteiger partial charge in [0.15, 0.2) is 0 Å². The Balaban J connectivity index is 1.83. The maximum atomic E-state index is 13.3. The van der Waals surface area contributed by atoms with Crippen molar-refractivity contribution in [1.29, 1.82) is 0 Å². The summed E-state index contributed by atoms with van der Waals surface area (Å²) in [7, 11) is 0. The number of alkyl halides is 2. The molecule has 0 unspecified atom stereocenters. The highest BCUT2D eigenvalue weighted by molar-refractivity contribution is 5.40. The van der Waals surface area contributed by atoms with Gasteiger partial charge < -0.3 is 10.4 Å². The smallest absolute Gasteiger partial charge is 0.253 e. The molecule has 0 saturated heterocycles. The van der Waals surface area contributed by atoms with E-state index in [-0.39, 0.29) is 25.5 Å². The Morgan fingerprint density at radius 3 is 2.54 bits per heavy atom. The molecule has 2 heterocycles. The van der Waals surface area contributed by atoms with Crippen LogP contribution in [0.4, 0.5) is 14.6 Å². The lowest BCUT2D eigenvalue weighted by molar-refractivity contribution is -0.0361. The first kappa shape index (κ1) is 16.8. The van der Waals surface area contributed by atoms with E-state index in [1.165, 1.54) is 0 Å². The van der Waals surface area contributed by atoms with Crippen molar-refractivity contribution in [3.63, 3.8) is 0 Å². The number of aryl methyl sites for hydroxylation is 2. The molecule has 1 fully saturated rings. The Kier molecular flexibility index (Phi) is 4.49. The van der Waals surface area contributed by atoms with Gasteiger partial charge in [0, 0.05) is 30.6 Å². The minimum atomic E-state index is -2.56. The average molecular weight is 337 g/mol. The van der Waals surface area contributed by atoms with Crippen molar-refractivity contribution >= 4 is 5.82 Å². The van der Waals surface area contributed by atoms with E-state index in [4.69, 9.17) is 0 Å². The van der Waals surface area contributed by atoms with Crippen LogP contribution in [0.15, 0.2) is 12.1 Å². The number of aromatic nitrogens is 4. The van der Waals surface area contributed by atoms with E-state index in [9.17, 15) is 13.9 Å². The summed E-state index contributed by atoms with van der Waals surface area (Å²) in [6.07, 6.45) is 0.543. The number of aliphatic hydroxyl groups excluding tert-OH is 1. The zero-order chi connectivity index (χ0) is 17.3. The van der Waals surface area contributed by atoms with Gasteiger partial charge in [0.25, 0.3) is 5.95 Å². The summed E-state index contributed by atoms with van der Waals surface area (Å²) in [6, 6.07) is 3.49. The molecule has 2 N–H and O–H groups in total. The highest BCUT2D eigenvalue weighted by Crippen LogP contribution is 2.34. The van der Waals surface area contributed by atoms with E-state index >= 15 is 0 Å². The van der Waals surface area contributed by atoms with E-state index in [0.29, 0.717) is 30.3 Å². The van der Waals surface area contributed by atoms with Crippen molar-refractivity contribution in [2.24, 2.45) is 0 Å². The molecular weight excluding hydrogens is 316 g/mol. The van der Waals surface area contributed by atoms with Gasteiger partial charge in [-0.05, 0) is 32.8 Å². The Morgan fingerprint density at radius 1 is 1.25 bits per heavy atom. The van der Waals surface area contributed by atoms with Gasteiger partial charge >= 0.3 is 0 Å². The van der Waals surface area contributed by atoms with Gasteiger partial charge in [-0.15, -0.1) is 0 Å². The third-order valence-corrected chi connectivity index (χ3v) is 4.20. The van der Waals surface area contributed by atoms with E-state index in [2.05, 4.69) is 20.4 Å². The van der Waals surface area contributed by atoms with Crippen LogP contribution in [-0.2, 0) is 6.61 Å². The number of nitrogens with zero attached hydrogens (tertiary/aromatic N) is 4. The zero-order valence-electron chi connectivity index (χ0n) is 13.8. The van der Waals surface area contributed by atoms with Crippen molar-refractivity contribution < 1.29 is 13.9 Å². The number of hydrogen-bond acceptors (Lipinski definition) is 5. The summed E-state index contributed by atoms with van der Waals surface area (Å²) < 4.78 is 28.1. The first-order valence-electron chi connectivity index (χ1n) is 8.03. The molecule has 0 aliphatic heterocycles. The number of halogens is 2. The summed E-state index contributed by atoms with van der Waals surface area (Å²) in [4.78, 5) is 8.73. The lowest BCUT2D eigenvalue weighted by Crippen LogP contribution is -2.32. The lowest BCUT2D eigenvalue weighted by atomic mass is 9.92. The van der Waals surface area contributed by atoms with Crippen molar-refractivity contribution in [3.05, 3.63) is 29.2 Å². The number of aliphatic hydroxyl groups is 1. The van der Waals surface area contributed by atoms with Crippen LogP contribution in [0.1, 0.15) is 42.8 Å². The normalized spacial score (nSPS) is 17.9. The summed E-state index contributed by atoms with van der Waals surface area (Å²) in [5.41, 5.74) is 2.18. The number of anilines is 1. The highest BCUT2D eigenvalue weighted by atomic mass is 19.3. The van der Waals surface area contributed by atoms with Crippen molar-refractivity contribution in [3.8, 4) is 5.95 Å². The first-order valence-corrected chi connectivity index (χ1v) is 8.03. The van der Waals surface area contributed by atoms with Gasteiger partial charge in [-0.3, -0.25) is 0 Å². The SMILES string of the molecule is Cc1cc(C)n(-c2nc(CO)cc(NC3CCC(F)(F)CC3)n2)n1. The summed E-state index contributed by atoms with van der Waals surface area (Å²) in [6.45, 7) is 3.54. The summed E-state index contributed by atoms with van der Waals surface area (Å²) in [5, 5.41) is 17.0. The van der Waals surface area contributed by atoms with E-state index in [1.54, 1.807) is 10.7 Å². The first-order chi connectivity index (χ1) is 11.4. The lowest BCUT2D eigenvalue weighted by Gasteiger charge is -2.29. The summed E-state index contributed by atoms with van der Waals surface area (Å²) in [5.74, 6) is -1.68. The van der Waals surface area contributed by atoms with E-state index in [0.717, 1.165) is 11.4 Å². The maximum Gasteiger partial charge on any atom is 0.253 e. The predicted octanol–water partition coefficient (Wildman–Crippen LogP) is 2.76. The average Bonchev–Trinajstić information content (AvgIpc) is 2.88. The second kappa shape index (κ2) is 6.43. The third kappa shape index (κ3) is 3.69. The molecule has 6 nitrogen and oxygen atoms in total. The molecular formula is C16H21F2N5O. The van der Waals surface area contributed by atoms with Crippen LogP contribution < -0.4 is 5.32 Å². The van der Waals surface area contributed by atoms with Crippen molar-refractivity contribution in [1.82, 2.24) is 19.7 Å². The molecule has 24 heavy (non-hydrogen) atoms. The van der Waals surface area contributed by atoms with E-state index in [1.807, 2.05) is 19.9 Å². The second-order valence-electron chi connectivity index (χ2n) is 6.32. The minimum Gasteiger partial charge on any atom is -0.390 e. The largest absolute Gasteiger partial charge is 0.390 e. The molecule has 0 bridgehead atoms. The van der Waals surface area contributed by atoms with Gasteiger partial charge in [-0.2, -0.15) is 10.1 Å². The zero-order valence-corrected chi connectivity index (χ0v) is 13.8. The molecule has 0 atom stereocenters. The van der Waals surface area contributed by atoms with Crippen LogP contribution in [0.3, 0.4) is 0 Å². The van der Waals surface area contributed by atoms with Gasteiger partial charge in [0.05, 0.1) is 18.0 Å². The topological polar surface area (TPSA) is 75.9 Å². The van der Waals surface area contributed by atoms with Gasteiger partial charge in [0.1, 0.15) is 5.82 Å². The molecule has 1 aliphatic carbocycles. The predicted molar refractivity (Wildman–Crippen MR) is 85.4 cm³/mol. The Bertz CT molecular complexity index is 721. The molecule has 8 heteroatoms. The van der Waals surface area contributed by atoms with E-state index < -0.39 is 5.92 Å².